The lowest BCUT2D eigenvalue weighted by molar-refractivity contribution is 0.206. The minimum absolute atomic E-state index is 0.0739. The maximum Gasteiger partial charge on any atom is 0.317 e. The molecule has 1 N–H and O–H groups in total. The van der Waals surface area contributed by atoms with E-state index in [1.807, 2.05) is 35.2 Å². The fourth-order valence-electron chi connectivity index (χ4n) is 2.24. The molecule has 1 fully saturated rings. The van der Waals surface area contributed by atoms with Crippen LogP contribution in [0.5, 0.6) is 0 Å². The van der Waals surface area contributed by atoms with Gasteiger partial charge in [-0.25, -0.2) is 4.79 Å². The zero-order valence-electron chi connectivity index (χ0n) is 10.4. The summed E-state index contributed by atoms with van der Waals surface area (Å²) in [6.07, 6.45) is 2.32. The van der Waals surface area contributed by atoms with Crippen LogP contribution in [0.3, 0.4) is 0 Å². The number of nitrogens with one attached hydrogen (secondary N) is 1. The van der Waals surface area contributed by atoms with E-state index in [4.69, 9.17) is 0 Å². The second-order valence-corrected chi connectivity index (χ2v) is 4.65. The summed E-state index contributed by atoms with van der Waals surface area (Å²) in [7, 11) is 0. The van der Waals surface area contributed by atoms with E-state index in [0.717, 1.165) is 25.1 Å². The Labute approximate surface area is 103 Å². The highest BCUT2D eigenvalue weighted by Gasteiger charge is 2.24. The van der Waals surface area contributed by atoms with Crippen molar-refractivity contribution in [1.29, 1.82) is 0 Å². The third kappa shape index (κ3) is 3.22. The van der Waals surface area contributed by atoms with Crippen molar-refractivity contribution in [3.63, 3.8) is 0 Å². The maximum absolute atomic E-state index is 11.9. The molecule has 1 aliphatic rings. The third-order valence-corrected chi connectivity index (χ3v) is 3.44. The molecule has 0 aliphatic carbocycles. The molecule has 1 unspecified atom stereocenters. The fraction of sp³-hybridized carbons (Fsp3) is 0.500. The van der Waals surface area contributed by atoms with Crippen LogP contribution in [0.4, 0.5) is 4.79 Å². The molecule has 3 nitrogen and oxygen atoms in total. The zero-order valence-corrected chi connectivity index (χ0v) is 10.4. The van der Waals surface area contributed by atoms with Crippen molar-refractivity contribution in [2.24, 2.45) is 5.92 Å². The first-order chi connectivity index (χ1) is 8.29. The number of hydrogen-bond donors (Lipinski definition) is 1. The number of benzene rings is 1. The normalized spacial score (nSPS) is 19.4. The number of carbonyl (C=O) groups is 1. The molecule has 1 heterocycles. The molecule has 2 rings (SSSR count). The highest BCUT2D eigenvalue weighted by atomic mass is 16.2. The lowest BCUT2D eigenvalue weighted by atomic mass is 10.1. The molecule has 3 heteroatoms. The van der Waals surface area contributed by atoms with Crippen LogP contribution in [0.25, 0.3) is 0 Å². The van der Waals surface area contributed by atoms with Gasteiger partial charge in [0.2, 0.25) is 0 Å². The van der Waals surface area contributed by atoms with E-state index in [1.54, 1.807) is 0 Å². The molecule has 1 aliphatic heterocycles. The van der Waals surface area contributed by atoms with Gasteiger partial charge in [-0.1, -0.05) is 43.7 Å². The first-order valence-electron chi connectivity index (χ1n) is 6.36. The Balaban J connectivity index is 1.78. The van der Waals surface area contributed by atoms with Gasteiger partial charge in [0.25, 0.3) is 0 Å². The zero-order chi connectivity index (χ0) is 12.1. The summed E-state index contributed by atoms with van der Waals surface area (Å²) in [6, 6.07) is 10.1. The van der Waals surface area contributed by atoms with Crippen LogP contribution in [-0.4, -0.2) is 24.0 Å². The SMILES string of the molecule is CCC1CCN(C(=O)NCc2ccccc2)C1. The predicted molar refractivity (Wildman–Crippen MR) is 68.6 cm³/mol. The summed E-state index contributed by atoms with van der Waals surface area (Å²) in [5.41, 5.74) is 1.15. The standard InChI is InChI=1S/C14H20N2O/c1-2-12-8-9-16(11-12)14(17)15-10-13-6-4-3-5-7-13/h3-7,12H,2,8-11H2,1H3,(H,15,17). The van der Waals surface area contributed by atoms with E-state index in [1.165, 1.54) is 6.42 Å². The Kier molecular flexibility index (Phi) is 4.02. The van der Waals surface area contributed by atoms with Crippen molar-refractivity contribution in [3.05, 3.63) is 35.9 Å². The van der Waals surface area contributed by atoms with Crippen LogP contribution in [0, 0.1) is 5.92 Å². The summed E-state index contributed by atoms with van der Waals surface area (Å²) in [5, 5.41) is 2.97. The van der Waals surface area contributed by atoms with E-state index >= 15 is 0 Å². The molecule has 1 saturated heterocycles. The Morgan fingerprint density at radius 2 is 2.18 bits per heavy atom. The highest BCUT2D eigenvalue weighted by molar-refractivity contribution is 5.74. The number of nitrogens with zero attached hydrogens (tertiary/aromatic N) is 1. The molecule has 2 amide bonds. The van der Waals surface area contributed by atoms with Gasteiger partial charge in [-0.05, 0) is 17.9 Å². The Hall–Kier alpha value is -1.51. The lowest BCUT2D eigenvalue weighted by Crippen LogP contribution is -2.38. The Morgan fingerprint density at radius 1 is 1.41 bits per heavy atom. The highest BCUT2D eigenvalue weighted by Crippen LogP contribution is 2.18. The van der Waals surface area contributed by atoms with Gasteiger partial charge in [-0.15, -0.1) is 0 Å². The van der Waals surface area contributed by atoms with Gasteiger partial charge in [-0.3, -0.25) is 0 Å². The summed E-state index contributed by atoms with van der Waals surface area (Å²) in [5.74, 6) is 0.692. The van der Waals surface area contributed by atoms with Gasteiger partial charge in [0.1, 0.15) is 0 Å². The van der Waals surface area contributed by atoms with E-state index in [2.05, 4.69) is 12.2 Å². The van der Waals surface area contributed by atoms with Crippen LogP contribution >= 0.6 is 0 Å². The summed E-state index contributed by atoms with van der Waals surface area (Å²) < 4.78 is 0. The minimum atomic E-state index is 0.0739. The minimum Gasteiger partial charge on any atom is -0.334 e. The summed E-state index contributed by atoms with van der Waals surface area (Å²) in [4.78, 5) is 13.8. The van der Waals surface area contributed by atoms with E-state index in [0.29, 0.717) is 12.5 Å². The second-order valence-electron chi connectivity index (χ2n) is 4.65. The molecule has 0 aromatic heterocycles. The molecule has 0 spiro atoms. The number of rotatable bonds is 3. The van der Waals surface area contributed by atoms with E-state index in [-0.39, 0.29) is 6.03 Å². The fourth-order valence-corrected chi connectivity index (χ4v) is 2.24. The second kappa shape index (κ2) is 5.71. The number of amides is 2. The number of urea groups is 1. The summed E-state index contributed by atoms with van der Waals surface area (Å²) in [6.45, 7) is 4.62. The molecule has 0 bridgehead atoms. The first-order valence-corrected chi connectivity index (χ1v) is 6.36. The molecule has 1 atom stereocenters. The van der Waals surface area contributed by atoms with Gasteiger partial charge in [-0.2, -0.15) is 0 Å². The van der Waals surface area contributed by atoms with Crippen LogP contribution in [0.15, 0.2) is 30.3 Å². The van der Waals surface area contributed by atoms with Crippen molar-refractivity contribution >= 4 is 6.03 Å². The van der Waals surface area contributed by atoms with Gasteiger partial charge in [0, 0.05) is 19.6 Å². The Morgan fingerprint density at radius 3 is 2.82 bits per heavy atom. The van der Waals surface area contributed by atoms with Crippen LogP contribution in [0.1, 0.15) is 25.3 Å². The predicted octanol–water partition coefficient (Wildman–Crippen LogP) is 2.63. The third-order valence-electron chi connectivity index (χ3n) is 3.44. The molecule has 0 radical (unpaired) electrons. The summed E-state index contributed by atoms with van der Waals surface area (Å²) >= 11 is 0. The maximum atomic E-state index is 11.9. The quantitative estimate of drug-likeness (QED) is 0.853. The lowest BCUT2D eigenvalue weighted by Gasteiger charge is -2.17. The molecule has 92 valence electrons. The Bertz CT molecular complexity index is 364. The average molecular weight is 232 g/mol. The molecule has 0 saturated carbocycles. The smallest absolute Gasteiger partial charge is 0.317 e. The van der Waals surface area contributed by atoms with Gasteiger partial charge in [0.05, 0.1) is 0 Å². The van der Waals surface area contributed by atoms with Crippen molar-refractivity contribution in [2.75, 3.05) is 13.1 Å². The monoisotopic (exact) mass is 232 g/mol. The largest absolute Gasteiger partial charge is 0.334 e. The molecule has 17 heavy (non-hydrogen) atoms. The molecule has 1 aromatic carbocycles. The number of hydrogen-bond acceptors (Lipinski definition) is 1. The average Bonchev–Trinajstić information content (AvgIpc) is 2.86. The van der Waals surface area contributed by atoms with Crippen LogP contribution < -0.4 is 5.32 Å². The van der Waals surface area contributed by atoms with Crippen LogP contribution in [-0.2, 0) is 6.54 Å². The number of carbonyl (C=O) groups excluding carboxylic acids is 1. The van der Waals surface area contributed by atoms with Gasteiger partial charge >= 0.3 is 6.03 Å². The van der Waals surface area contributed by atoms with Crippen molar-refractivity contribution < 1.29 is 4.79 Å². The van der Waals surface area contributed by atoms with Crippen LogP contribution in [0.2, 0.25) is 0 Å². The van der Waals surface area contributed by atoms with Gasteiger partial charge < -0.3 is 10.2 Å². The number of likely N-dealkylation sites (tertiary alicyclic amines) is 1. The molecular weight excluding hydrogens is 212 g/mol. The van der Waals surface area contributed by atoms with Gasteiger partial charge in [0.15, 0.2) is 0 Å². The van der Waals surface area contributed by atoms with E-state index < -0.39 is 0 Å². The topological polar surface area (TPSA) is 32.3 Å². The van der Waals surface area contributed by atoms with Crippen molar-refractivity contribution in [1.82, 2.24) is 10.2 Å². The molecule has 1 aromatic rings. The van der Waals surface area contributed by atoms with Crippen molar-refractivity contribution in [2.45, 2.75) is 26.3 Å². The van der Waals surface area contributed by atoms with Crippen molar-refractivity contribution in [3.8, 4) is 0 Å². The van der Waals surface area contributed by atoms with E-state index in [9.17, 15) is 4.79 Å². The first kappa shape index (κ1) is 12.0. The molecular formula is C14H20N2O.